The highest BCUT2D eigenvalue weighted by atomic mass is 16.6. The van der Waals surface area contributed by atoms with Crippen LogP contribution in [0.5, 0.6) is 0 Å². The van der Waals surface area contributed by atoms with Crippen LogP contribution >= 0.6 is 0 Å². The molecule has 2 aliphatic heterocycles. The summed E-state index contributed by atoms with van der Waals surface area (Å²) in [7, 11) is 1.33. The molecule has 25 heavy (non-hydrogen) atoms. The van der Waals surface area contributed by atoms with E-state index < -0.39 is 23.7 Å². The molecule has 0 saturated carbocycles. The van der Waals surface area contributed by atoms with Gasteiger partial charge >= 0.3 is 12.1 Å². The summed E-state index contributed by atoms with van der Waals surface area (Å²) in [4.78, 5) is 26.3. The number of carbonyl (C=O) groups excluding carboxylic acids is 2. The number of hydrogen-bond acceptors (Lipinski definition) is 6. The number of allylic oxidation sites excluding steroid dienone is 1. The first kappa shape index (κ1) is 17.8. The van der Waals surface area contributed by atoms with Crippen LogP contribution in [0.4, 0.5) is 4.79 Å². The Morgan fingerprint density at radius 1 is 1.36 bits per heavy atom. The highest BCUT2D eigenvalue weighted by Gasteiger charge is 2.41. The molecule has 1 amide bonds. The Morgan fingerprint density at radius 3 is 2.80 bits per heavy atom. The number of fused-ring (bicyclic) bond motifs is 2. The Hall–Kier alpha value is -2.02. The fourth-order valence-corrected chi connectivity index (χ4v) is 3.44. The minimum atomic E-state index is -0.774. The molecular formula is C18H26N2O5. The summed E-state index contributed by atoms with van der Waals surface area (Å²) in [5, 5.41) is 3.35. The number of nitrogens with zero attached hydrogens (tertiary/aromatic N) is 1. The van der Waals surface area contributed by atoms with Crippen LogP contribution in [0.2, 0.25) is 0 Å². The number of hydrogen-bond donors (Lipinski definition) is 1. The normalized spacial score (nSPS) is 28.6. The zero-order valence-electron chi connectivity index (χ0n) is 15.2. The highest BCUT2D eigenvalue weighted by molar-refractivity contribution is 5.84. The number of nitrogens with one attached hydrogen (secondary N) is 1. The number of morpholine rings is 1. The molecule has 138 valence electrons. The average molecular weight is 350 g/mol. The maximum absolute atomic E-state index is 12.6. The van der Waals surface area contributed by atoms with E-state index in [4.69, 9.17) is 14.2 Å². The Kier molecular flexibility index (Phi) is 4.77. The SMILES string of the molecule is COC(=O)C1C=C2C=C3NCCOC3CC2CN1C(=O)OC(C)(C)C. The fraction of sp³-hybridized carbons (Fsp3) is 0.667. The van der Waals surface area contributed by atoms with Gasteiger partial charge in [0.15, 0.2) is 6.04 Å². The summed E-state index contributed by atoms with van der Waals surface area (Å²) in [5.74, 6) is -0.354. The first-order chi connectivity index (χ1) is 11.8. The largest absolute Gasteiger partial charge is 0.467 e. The number of methoxy groups -OCH3 is 1. The molecule has 1 aliphatic carbocycles. The zero-order valence-corrected chi connectivity index (χ0v) is 15.2. The molecule has 1 fully saturated rings. The maximum Gasteiger partial charge on any atom is 0.411 e. The van der Waals surface area contributed by atoms with Crippen LogP contribution < -0.4 is 5.32 Å². The molecule has 0 aromatic carbocycles. The van der Waals surface area contributed by atoms with E-state index in [9.17, 15) is 9.59 Å². The van der Waals surface area contributed by atoms with E-state index >= 15 is 0 Å². The van der Waals surface area contributed by atoms with Crippen LogP contribution in [0.3, 0.4) is 0 Å². The number of carbonyl (C=O) groups is 2. The molecule has 0 aromatic heterocycles. The van der Waals surface area contributed by atoms with Crippen LogP contribution in [0, 0.1) is 5.92 Å². The quantitative estimate of drug-likeness (QED) is 0.724. The van der Waals surface area contributed by atoms with E-state index in [1.165, 1.54) is 12.0 Å². The molecular weight excluding hydrogens is 324 g/mol. The van der Waals surface area contributed by atoms with E-state index in [2.05, 4.69) is 5.32 Å². The Labute approximate surface area is 148 Å². The molecule has 3 rings (SSSR count). The van der Waals surface area contributed by atoms with Gasteiger partial charge in [-0.3, -0.25) is 4.90 Å². The molecule has 7 heteroatoms. The third-order valence-corrected chi connectivity index (χ3v) is 4.56. The number of ether oxygens (including phenoxy) is 3. The lowest BCUT2D eigenvalue weighted by Gasteiger charge is -2.42. The van der Waals surface area contributed by atoms with Gasteiger partial charge in [0.1, 0.15) is 5.60 Å². The molecule has 0 bridgehead atoms. The summed E-state index contributed by atoms with van der Waals surface area (Å²) >= 11 is 0. The Bertz CT molecular complexity index is 619. The van der Waals surface area contributed by atoms with Gasteiger partial charge in [-0.05, 0) is 44.9 Å². The molecule has 3 atom stereocenters. The number of rotatable bonds is 1. The van der Waals surface area contributed by atoms with Crippen molar-refractivity contribution in [2.45, 2.75) is 44.9 Å². The summed E-state index contributed by atoms with van der Waals surface area (Å²) < 4.78 is 16.2. The van der Waals surface area contributed by atoms with E-state index in [-0.39, 0.29) is 12.0 Å². The number of esters is 1. The second-order valence-electron chi connectivity index (χ2n) is 7.59. The molecule has 0 spiro atoms. The molecule has 3 unspecified atom stereocenters. The van der Waals surface area contributed by atoms with Gasteiger partial charge in [0.2, 0.25) is 0 Å². The highest BCUT2D eigenvalue weighted by Crippen LogP contribution is 2.35. The standard InChI is InChI=1S/C18H26N2O5/c1-18(2,3)25-17(22)20-10-12-9-15-13(19-5-6-24-15)7-11(12)8-14(20)16(21)23-4/h7-8,12,14-15,19H,5-6,9-10H2,1-4H3. The van der Waals surface area contributed by atoms with E-state index in [0.717, 1.165) is 24.2 Å². The minimum absolute atomic E-state index is 0.0195. The topological polar surface area (TPSA) is 77.1 Å². The van der Waals surface area contributed by atoms with Gasteiger partial charge in [-0.2, -0.15) is 0 Å². The van der Waals surface area contributed by atoms with E-state index in [0.29, 0.717) is 13.2 Å². The second-order valence-corrected chi connectivity index (χ2v) is 7.59. The summed E-state index contributed by atoms with van der Waals surface area (Å²) in [6.07, 6.45) is 4.14. The van der Waals surface area contributed by atoms with Gasteiger partial charge in [-0.15, -0.1) is 0 Å². The van der Waals surface area contributed by atoms with Gasteiger partial charge in [-0.25, -0.2) is 9.59 Å². The third kappa shape index (κ3) is 3.81. The predicted molar refractivity (Wildman–Crippen MR) is 90.8 cm³/mol. The van der Waals surface area contributed by atoms with Crippen LogP contribution in [0.1, 0.15) is 27.2 Å². The fourth-order valence-electron chi connectivity index (χ4n) is 3.44. The van der Waals surface area contributed by atoms with Crippen molar-refractivity contribution in [2.75, 3.05) is 26.8 Å². The summed E-state index contributed by atoms with van der Waals surface area (Å²) in [6.45, 7) is 7.28. The van der Waals surface area contributed by atoms with Crippen LogP contribution in [-0.2, 0) is 19.0 Å². The van der Waals surface area contributed by atoms with Crippen molar-refractivity contribution in [3.05, 3.63) is 23.4 Å². The Balaban J connectivity index is 1.89. The van der Waals surface area contributed by atoms with Gasteiger partial charge in [0.05, 0.1) is 19.8 Å². The molecule has 0 radical (unpaired) electrons. The van der Waals surface area contributed by atoms with Crippen molar-refractivity contribution in [2.24, 2.45) is 5.92 Å². The number of amides is 1. The van der Waals surface area contributed by atoms with Crippen molar-refractivity contribution < 1.29 is 23.8 Å². The van der Waals surface area contributed by atoms with Crippen molar-refractivity contribution >= 4 is 12.1 Å². The van der Waals surface area contributed by atoms with Crippen LogP contribution in [0.15, 0.2) is 23.4 Å². The first-order valence-corrected chi connectivity index (χ1v) is 8.64. The predicted octanol–water partition coefficient (Wildman–Crippen LogP) is 1.60. The van der Waals surface area contributed by atoms with Gasteiger partial charge < -0.3 is 19.5 Å². The van der Waals surface area contributed by atoms with Crippen LogP contribution in [0.25, 0.3) is 0 Å². The van der Waals surface area contributed by atoms with Crippen molar-refractivity contribution in [3.63, 3.8) is 0 Å². The van der Waals surface area contributed by atoms with E-state index in [1.807, 2.05) is 12.2 Å². The maximum atomic E-state index is 12.6. The summed E-state index contributed by atoms with van der Waals surface area (Å²) in [6, 6.07) is -0.774. The molecule has 1 N–H and O–H groups in total. The van der Waals surface area contributed by atoms with Gasteiger partial charge in [0, 0.05) is 24.7 Å². The lowest BCUT2D eigenvalue weighted by molar-refractivity contribution is -0.145. The summed E-state index contributed by atoms with van der Waals surface area (Å²) in [5.41, 5.74) is 1.46. The molecule has 7 nitrogen and oxygen atoms in total. The first-order valence-electron chi connectivity index (χ1n) is 8.64. The smallest absolute Gasteiger partial charge is 0.411 e. The lowest BCUT2D eigenvalue weighted by Crippen LogP contribution is -2.53. The lowest BCUT2D eigenvalue weighted by atomic mass is 9.81. The Morgan fingerprint density at radius 2 is 2.12 bits per heavy atom. The van der Waals surface area contributed by atoms with Gasteiger partial charge in [0.25, 0.3) is 0 Å². The minimum Gasteiger partial charge on any atom is -0.467 e. The average Bonchev–Trinajstić information content (AvgIpc) is 2.56. The zero-order chi connectivity index (χ0) is 18.2. The molecule has 1 saturated heterocycles. The second kappa shape index (κ2) is 6.71. The van der Waals surface area contributed by atoms with Crippen molar-refractivity contribution in [1.29, 1.82) is 0 Å². The molecule has 2 heterocycles. The van der Waals surface area contributed by atoms with Crippen LogP contribution in [-0.4, -0.2) is 61.5 Å². The molecule has 0 aromatic rings. The van der Waals surface area contributed by atoms with Crippen molar-refractivity contribution in [1.82, 2.24) is 10.2 Å². The monoisotopic (exact) mass is 350 g/mol. The van der Waals surface area contributed by atoms with E-state index in [1.54, 1.807) is 20.8 Å². The third-order valence-electron chi connectivity index (χ3n) is 4.56. The molecule has 3 aliphatic rings. The van der Waals surface area contributed by atoms with Crippen molar-refractivity contribution in [3.8, 4) is 0 Å². The van der Waals surface area contributed by atoms with Gasteiger partial charge in [-0.1, -0.05) is 0 Å².